The summed E-state index contributed by atoms with van der Waals surface area (Å²) in [6.45, 7) is 0. The number of nitrogens with zero attached hydrogens (tertiary/aromatic N) is 4. The molecule has 0 aromatic heterocycles. The van der Waals surface area contributed by atoms with Crippen LogP contribution in [0.3, 0.4) is 0 Å². The maximum Gasteiger partial charge on any atom is 0 e. The van der Waals surface area contributed by atoms with Crippen molar-refractivity contribution < 1.29 is 36.2 Å². The van der Waals surface area contributed by atoms with Crippen LogP contribution in [0.25, 0.3) is 21.6 Å². The van der Waals surface area contributed by atoms with Crippen LogP contribution in [0.2, 0.25) is 0 Å². The third-order valence-electron chi connectivity index (χ3n) is 0. The van der Waals surface area contributed by atoms with E-state index in [2.05, 4.69) is 0 Å². The summed E-state index contributed by atoms with van der Waals surface area (Å²) in [5.41, 5.74) is 0. The fourth-order valence-electron chi connectivity index (χ4n) is 0. The summed E-state index contributed by atoms with van der Waals surface area (Å²) in [7, 11) is 0. The second-order valence-electron chi connectivity index (χ2n) is 0.365. The molecular weight excluding hydrogens is 232 g/mol. The van der Waals surface area contributed by atoms with Gasteiger partial charge in [-0.3, -0.25) is 19.2 Å². The minimum absolute atomic E-state index is 0. The fourth-order valence-corrected chi connectivity index (χ4v) is 0. The quantitative estimate of drug-likeness (QED) is 0.314. The Hall–Kier alpha value is -1.96. The predicted molar refractivity (Wildman–Crippen MR) is 36.2 cm³/mol. The molecule has 0 saturated carbocycles. The van der Waals surface area contributed by atoms with Crippen molar-refractivity contribution in [3.05, 3.63) is 21.6 Å². The molecule has 0 heterocycles. The van der Waals surface area contributed by atoms with Crippen molar-refractivity contribution >= 4 is 24.3 Å². The van der Waals surface area contributed by atoms with Gasteiger partial charge in [-0.25, -0.2) is 0 Å². The Morgan fingerprint density at radius 2 is 0.538 bits per heavy atom. The first kappa shape index (κ1) is 30.5. The summed E-state index contributed by atoms with van der Waals surface area (Å²) in [4.78, 5) is 32.9. The molecule has 0 atom stereocenters. The van der Waals surface area contributed by atoms with Gasteiger partial charge in [0.05, 0.1) is 0 Å². The first-order valence-electron chi connectivity index (χ1n) is 1.71. The van der Waals surface area contributed by atoms with Crippen molar-refractivity contribution in [1.29, 1.82) is 0 Å². The Kier molecular flexibility index (Phi) is 463. The smallest absolute Gasteiger partial charge is 0 e. The van der Waals surface area contributed by atoms with Crippen LogP contribution in [0.1, 0.15) is 0 Å². The first-order valence-corrected chi connectivity index (χ1v) is 1.71. The Bertz CT molecular complexity index is 156. The SMILES string of the molecule is [Cu].[N-]=C=O.[N-]=C=O.[N-]=C=O.[N-]=C=O. The van der Waals surface area contributed by atoms with Crippen LogP contribution in [0, 0.1) is 0 Å². The van der Waals surface area contributed by atoms with Gasteiger partial charge in [-0.05, 0) is 24.3 Å². The minimum atomic E-state index is 0. The van der Waals surface area contributed by atoms with Crippen LogP contribution in [0.15, 0.2) is 0 Å². The van der Waals surface area contributed by atoms with Crippen LogP contribution >= 0.6 is 0 Å². The molecule has 75 valence electrons. The molecule has 1 radical (unpaired) electrons. The second-order valence-corrected chi connectivity index (χ2v) is 0.365. The third-order valence-corrected chi connectivity index (χ3v) is 0. The maximum atomic E-state index is 8.24. The number of rotatable bonds is 0. The molecule has 9 heteroatoms. The van der Waals surface area contributed by atoms with Gasteiger partial charge in [0.1, 0.15) is 0 Å². The minimum Gasteiger partial charge on any atom is -0.724 e. The van der Waals surface area contributed by atoms with Crippen molar-refractivity contribution in [2.75, 3.05) is 0 Å². The number of carbonyl (C=O) groups excluding carboxylic acids is 4. The van der Waals surface area contributed by atoms with E-state index < -0.39 is 0 Å². The summed E-state index contributed by atoms with van der Waals surface area (Å²) in [5, 5.41) is 27.1. The van der Waals surface area contributed by atoms with Gasteiger partial charge in [-0.15, -0.1) is 0 Å². The van der Waals surface area contributed by atoms with Gasteiger partial charge in [0.25, 0.3) is 0 Å². The average Bonchev–Trinajstić information content (AvgIpc) is 1.92. The van der Waals surface area contributed by atoms with Gasteiger partial charge >= 0.3 is 0 Å². The molecule has 0 saturated heterocycles. The molecule has 0 rings (SSSR count). The van der Waals surface area contributed by atoms with E-state index in [0.717, 1.165) is 0 Å². The number of hydrogen-bond acceptors (Lipinski definition) is 4. The predicted octanol–water partition coefficient (Wildman–Crippen LogP) is -0.436. The molecule has 8 nitrogen and oxygen atoms in total. The molecule has 0 fully saturated rings. The van der Waals surface area contributed by atoms with Crippen LogP contribution in [-0.4, -0.2) is 24.3 Å². The van der Waals surface area contributed by atoms with Crippen molar-refractivity contribution in [3.63, 3.8) is 0 Å². The largest absolute Gasteiger partial charge is 0.724 e. The molecule has 0 aliphatic carbocycles. The van der Waals surface area contributed by atoms with E-state index in [1.165, 1.54) is 0 Å². The van der Waals surface area contributed by atoms with Crippen molar-refractivity contribution in [3.8, 4) is 0 Å². The average molecular weight is 232 g/mol. The molecule has 0 unspecified atom stereocenters. The van der Waals surface area contributed by atoms with E-state index in [1.807, 2.05) is 0 Å². The summed E-state index contributed by atoms with van der Waals surface area (Å²) in [6.07, 6.45) is 2.00. The van der Waals surface area contributed by atoms with Crippen LogP contribution < -0.4 is 0 Å². The summed E-state index contributed by atoms with van der Waals surface area (Å²) in [6, 6.07) is 0. The van der Waals surface area contributed by atoms with Crippen molar-refractivity contribution in [2.45, 2.75) is 0 Å². The molecule has 0 bridgehead atoms. The zero-order chi connectivity index (χ0) is 10.8. The van der Waals surface area contributed by atoms with Gasteiger partial charge in [0.15, 0.2) is 0 Å². The molecule has 0 aliphatic rings. The van der Waals surface area contributed by atoms with Gasteiger partial charge in [-0.1, -0.05) is 0 Å². The summed E-state index contributed by atoms with van der Waals surface area (Å²) < 4.78 is 0. The zero-order valence-electron chi connectivity index (χ0n) is 5.72. The van der Waals surface area contributed by atoms with E-state index >= 15 is 0 Å². The first-order chi connectivity index (χ1) is 5.66. The monoisotopic (exact) mass is 231 g/mol. The van der Waals surface area contributed by atoms with Gasteiger partial charge in [0, 0.05) is 17.1 Å². The second kappa shape index (κ2) is 197. The number of hydrogen-bond donors (Lipinski definition) is 0. The van der Waals surface area contributed by atoms with Gasteiger partial charge in [0.2, 0.25) is 0 Å². The Morgan fingerprint density at radius 3 is 0.538 bits per heavy atom. The normalized spacial score (nSPS) is 2.46. The molecular formula is C4CuN4O4-4. The van der Waals surface area contributed by atoms with Gasteiger partial charge < -0.3 is 21.6 Å². The molecule has 0 aromatic carbocycles. The Labute approximate surface area is 82.8 Å². The summed E-state index contributed by atoms with van der Waals surface area (Å²) >= 11 is 0. The molecule has 0 spiro atoms. The Balaban J connectivity index is -0.0000000213. The zero-order valence-corrected chi connectivity index (χ0v) is 6.67. The standard InChI is InChI=1S/4CNO.Cu/c4*2-1-3;/q4*-1;. The van der Waals surface area contributed by atoms with E-state index in [0.29, 0.717) is 24.3 Å². The molecule has 13 heavy (non-hydrogen) atoms. The molecule has 0 aromatic rings. The number of isocyanates is 4. The molecule has 0 N–H and O–H groups in total. The molecule has 0 amide bonds. The fraction of sp³-hybridized carbons (Fsp3) is 0. The maximum absolute atomic E-state index is 8.24. The van der Waals surface area contributed by atoms with Crippen LogP contribution in [0.5, 0.6) is 0 Å². The molecule has 0 aliphatic heterocycles. The topological polar surface area (TPSA) is 157 Å². The van der Waals surface area contributed by atoms with Crippen LogP contribution in [0.4, 0.5) is 0 Å². The third kappa shape index (κ3) is 169. The van der Waals surface area contributed by atoms with Gasteiger partial charge in [-0.2, -0.15) is 0 Å². The summed E-state index contributed by atoms with van der Waals surface area (Å²) in [5.74, 6) is 0. The Morgan fingerprint density at radius 1 is 0.538 bits per heavy atom. The van der Waals surface area contributed by atoms with Crippen molar-refractivity contribution in [1.82, 2.24) is 0 Å². The van der Waals surface area contributed by atoms with Crippen LogP contribution in [-0.2, 0) is 36.2 Å². The van der Waals surface area contributed by atoms with E-state index in [4.69, 9.17) is 40.8 Å². The van der Waals surface area contributed by atoms with E-state index in [-0.39, 0.29) is 17.1 Å². The van der Waals surface area contributed by atoms with E-state index in [1.54, 1.807) is 0 Å². The van der Waals surface area contributed by atoms with Crippen molar-refractivity contribution in [2.24, 2.45) is 0 Å². The van der Waals surface area contributed by atoms with E-state index in [9.17, 15) is 0 Å².